The normalized spacial score (nSPS) is 12.5. The average Bonchev–Trinajstić information content (AvgIpc) is 2.00. The third kappa shape index (κ3) is 2.82. The molecule has 0 saturated heterocycles. The zero-order valence-corrected chi connectivity index (χ0v) is 8.38. The summed E-state index contributed by atoms with van der Waals surface area (Å²) in [6.45, 7) is 1.60. The highest BCUT2D eigenvalue weighted by atomic mass is 32.2. The number of nitrogens with zero attached hydrogens (tertiary/aromatic N) is 2. The Morgan fingerprint density at radius 2 is 2.00 bits per heavy atom. The predicted octanol–water partition coefficient (Wildman–Crippen LogP) is 1.27. The smallest absolute Gasteiger partial charge is 0.315 e. The van der Waals surface area contributed by atoms with Gasteiger partial charge in [-0.05, 0) is 13.0 Å². The molecule has 0 bridgehead atoms. The molecule has 15 heavy (non-hydrogen) atoms. The summed E-state index contributed by atoms with van der Waals surface area (Å²) in [6.07, 6.45) is 2.28. The van der Waals surface area contributed by atoms with Gasteiger partial charge in [-0.3, -0.25) is 0 Å². The molecule has 8 heteroatoms. The van der Waals surface area contributed by atoms with E-state index in [1.165, 1.54) is 12.3 Å². The van der Waals surface area contributed by atoms with Gasteiger partial charge >= 0.3 is 5.51 Å². The van der Waals surface area contributed by atoms with Crippen LogP contribution in [0.25, 0.3) is 4.83 Å². The summed E-state index contributed by atoms with van der Waals surface area (Å²) in [5.41, 5.74) is -4.78. The molecule has 0 atom stereocenters. The molecule has 0 unspecified atom stereocenters. The molecule has 1 rings (SSSR count). The molecular weight excluding hydrogens is 233 g/mol. The summed E-state index contributed by atoms with van der Waals surface area (Å²) >= 11 is 0. The van der Waals surface area contributed by atoms with Crippen LogP contribution in [-0.2, 0) is 10.0 Å². The molecular formula is C7H7F3N2O2S. The number of pyridine rings is 1. The molecule has 0 aliphatic carbocycles. The van der Waals surface area contributed by atoms with E-state index in [9.17, 15) is 21.6 Å². The van der Waals surface area contributed by atoms with Crippen molar-refractivity contribution in [1.29, 1.82) is 0 Å². The summed E-state index contributed by atoms with van der Waals surface area (Å²) in [5.74, 6) is 0. The van der Waals surface area contributed by atoms with Gasteiger partial charge in [0.2, 0.25) is 10.0 Å². The fourth-order valence-corrected chi connectivity index (χ4v) is 1.24. The Balaban J connectivity index is 2.98. The van der Waals surface area contributed by atoms with E-state index in [1.54, 1.807) is 13.0 Å². The van der Waals surface area contributed by atoms with Crippen molar-refractivity contribution in [1.82, 2.24) is 0 Å². The minimum Gasteiger partial charge on any atom is -0.315 e. The van der Waals surface area contributed by atoms with E-state index < -0.39 is 15.5 Å². The van der Waals surface area contributed by atoms with Crippen molar-refractivity contribution in [3.63, 3.8) is 0 Å². The van der Waals surface area contributed by atoms with E-state index >= 15 is 0 Å². The highest BCUT2D eigenvalue weighted by molar-refractivity contribution is 7.94. The lowest BCUT2D eigenvalue weighted by Crippen LogP contribution is -2.36. The summed E-state index contributed by atoms with van der Waals surface area (Å²) in [5, 5.41) is 0. The second-order valence-corrected chi connectivity index (χ2v) is 4.34. The zero-order valence-electron chi connectivity index (χ0n) is 7.56. The monoisotopic (exact) mass is 240 g/mol. The van der Waals surface area contributed by atoms with Gasteiger partial charge in [0.05, 0.1) is 0 Å². The van der Waals surface area contributed by atoms with Crippen LogP contribution in [0.1, 0.15) is 5.56 Å². The van der Waals surface area contributed by atoms with E-state index in [1.807, 2.05) is 0 Å². The van der Waals surface area contributed by atoms with Gasteiger partial charge in [0.15, 0.2) is 12.4 Å². The molecule has 0 aliphatic rings. The van der Waals surface area contributed by atoms with E-state index in [0.29, 0.717) is 10.2 Å². The van der Waals surface area contributed by atoms with Crippen LogP contribution < -0.4 is 4.68 Å². The van der Waals surface area contributed by atoms with Crippen molar-refractivity contribution < 1.29 is 26.3 Å². The maximum atomic E-state index is 11.9. The van der Waals surface area contributed by atoms with Crippen molar-refractivity contribution >= 4 is 10.0 Å². The molecule has 84 valence electrons. The summed E-state index contributed by atoms with van der Waals surface area (Å²) in [7, 11) is -5.48. The summed E-state index contributed by atoms with van der Waals surface area (Å²) in [6, 6.07) is 3.00. The Morgan fingerprint density at radius 1 is 1.40 bits per heavy atom. The molecule has 0 amide bonds. The second-order valence-electron chi connectivity index (χ2n) is 2.76. The first-order valence-corrected chi connectivity index (χ1v) is 5.19. The Labute approximate surface area is 84.4 Å². The van der Waals surface area contributed by atoms with Crippen LogP contribution in [0.3, 0.4) is 0 Å². The van der Waals surface area contributed by atoms with Crippen LogP contribution in [0.2, 0.25) is 0 Å². The van der Waals surface area contributed by atoms with Gasteiger partial charge in [-0.2, -0.15) is 13.2 Å². The first kappa shape index (κ1) is 11.8. The maximum absolute atomic E-state index is 11.9. The number of alkyl halides is 3. The number of rotatable bonds is 2. The molecule has 0 saturated carbocycles. The predicted molar refractivity (Wildman–Crippen MR) is 45.1 cm³/mol. The van der Waals surface area contributed by atoms with Gasteiger partial charge in [0, 0.05) is 11.6 Å². The van der Waals surface area contributed by atoms with Gasteiger partial charge < -0.3 is 4.83 Å². The fraction of sp³-hybridized carbons (Fsp3) is 0.286. The molecule has 0 radical (unpaired) electrons. The van der Waals surface area contributed by atoms with Crippen molar-refractivity contribution in [3.05, 3.63) is 34.9 Å². The molecule has 1 aromatic heterocycles. The number of hydrogen-bond acceptors (Lipinski definition) is 2. The topological polar surface area (TPSA) is 52.1 Å². The highest BCUT2D eigenvalue weighted by Gasteiger charge is 2.41. The Bertz CT molecular complexity index is 456. The molecule has 0 N–H and O–H groups in total. The molecule has 0 aromatic carbocycles. The van der Waals surface area contributed by atoms with E-state index in [-0.39, 0.29) is 0 Å². The van der Waals surface area contributed by atoms with E-state index in [0.717, 1.165) is 6.20 Å². The lowest BCUT2D eigenvalue weighted by atomic mass is 10.3. The molecule has 1 heterocycles. The number of aromatic nitrogens is 1. The third-order valence-electron chi connectivity index (χ3n) is 1.43. The molecule has 0 aliphatic heterocycles. The highest BCUT2D eigenvalue weighted by Crippen LogP contribution is 2.26. The standard InChI is InChI=1S/C7H7F3N2O2S/c1-6-3-2-4-12(5-6)11-15(13,14)7(8,9)10/h2-5H,1H3. The van der Waals surface area contributed by atoms with Gasteiger partial charge in [-0.1, -0.05) is 0 Å². The van der Waals surface area contributed by atoms with Gasteiger partial charge in [-0.25, -0.2) is 13.1 Å². The molecule has 4 nitrogen and oxygen atoms in total. The Hall–Kier alpha value is -1.31. The number of sulfonamides is 1. The first-order valence-electron chi connectivity index (χ1n) is 3.75. The van der Waals surface area contributed by atoms with Crippen LogP contribution in [0.5, 0.6) is 0 Å². The molecule has 0 fully saturated rings. The number of aryl methyl sites for hydroxylation is 1. The van der Waals surface area contributed by atoms with Crippen LogP contribution in [0.4, 0.5) is 13.2 Å². The zero-order chi connectivity index (χ0) is 11.7. The van der Waals surface area contributed by atoms with Crippen molar-refractivity contribution in [2.45, 2.75) is 12.4 Å². The van der Waals surface area contributed by atoms with Gasteiger partial charge in [0.1, 0.15) is 0 Å². The van der Waals surface area contributed by atoms with Gasteiger partial charge in [-0.15, -0.1) is 0 Å². The summed E-state index contributed by atoms with van der Waals surface area (Å²) in [4.78, 5) is 2.59. The lowest BCUT2D eigenvalue weighted by molar-refractivity contribution is -0.614. The molecule has 0 spiro atoms. The second kappa shape index (κ2) is 3.69. The summed E-state index contributed by atoms with van der Waals surface area (Å²) < 4.78 is 57.6. The van der Waals surface area contributed by atoms with Crippen LogP contribution in [0, 0.1) is 6.92 Å². The SMILES string of the molecule is Cc1ccc[n+]([N-]S(=O)(=O)C(F)(F)F)c1. The quantitative estimate of drug-likeness (QED) is 0.731. The van der Waals surface area contributed by atoms with Gasteiger partial charge in [0.25, 0.3) is 0 Å². The number of halogens is 3. The van der Waals surface area contributed by atoms with Crippen LogP contribution in [-0.4, -0.2) is 13.9 Å². The molecule has 1 aromatic rings. The third-order valence-corrected chi connectivity index (χ3v) is 2.42. The fourth-order valence-electron chi connectivity index (χ4n) is 0.799. The maximum Gasteiger partial charge on any atom is 0.487 e. The van der Waals surface area contributed by atoms with Crippen molar-refractivity contribution in [3.8, 4) is 0 Å². The first-order chi connectivity index (χ1) is 6.72. The van der Waals surface area contributed by atoms with E-state index in [4.69, 9.17) is 0 Å². The average molecular weight is 240 g/mol. The minimum atomic E-state index is -5.48. The Kier molecular flexibility index (Phi) is 2.89. The number of hydrogen-bond donors (Lipinski definition) is 0. The van der Waals surface area contributed by atoms with Crippen molar-refractivity contribution in [2.24, 2.45) is 0 Å². The van der Waals surface area contributed by atoms with E-state index in [2.05, 4.69) is 4.83 Å². The van der Waals surface area contributed by atoms with Crippen molar-refractivity contribution in [2.75, 3.05) is 0 Å². The van der Waals surface area contributed by atoms with Crippen LogP contribution in [0.15, 0.2) is 24.5 Å². The minimum absolute atomic E-state index is 0.596. The largest absolute Gasteiger partial charge is 0.487 e. The lowest BCUT2D eigenvalue weighted by Gasteiger charge is -2.16. The van der Waals surface area contributed by atoms with Crippen LogP contribution >= 0.6 is 0 Å². The Morgan fingerprint density at radius 3 is 2.47 bits per heavy atom.